The van der Waals surface area contributed by atoms with E-state index in [4.69, 9.17) is 15.7 Å². The van der Waals surface area contributed by atoms with Gasteiger partial charge in [0, 0.05) is 17.1 Å². The highest BCUT2D eigenvalue weighted by atomic mass is 15.2. The second-order valence-corrected chi connectivity index (χ2v) is 8.47. The van der Waals surface area contributed by atoms with Crippen LogP contribution >= 0.6 is 0 Å². The smallest absolute Gasteiger partial charge is 0.0961 e. The van der Waals surface area contributed by atoms with E-state index in [1.165, 1.54) is 27.6 Å². The summed E-state index contributed by atoms with van der Waals surface area (Å²) in [7, 11) is 15.3. The molecule has 0 amide bonds. The Morgan fingerprint density at radius 2 is 1.78 bits per heavy atom. The van der Waals surface area contributed by atoms with Crippen LogP contribution in [0, 0.1) is 0 Å². The molecule has 1 fully saturated rings. The highest BCUT2D eigenvalue weighted by molar-refractivity contribution is 6.20. The first-order chi connectivity index (χ1) is 12.8. The van der Waals surface area contributed by atoms with Crippen LogP contribution in [0.15, 0.2) is 54.7 Å². The number of aromatic amines is 1. The van der Waals surface area contributed by atoms with Crippen LogP contribution in [-0.2, 0) is 12.8 Å². The van der Waals surface area contributed by atoms with Crippen LogP contribution in [0.3, 0.4) is 0 Å². The van der Waals surface area contributed by atoms with Crippen molar-refractivity contribution in [1.29, 1.82) is 0 Å². The topological polar surface area (TPSA) is 19.0 Å². The molecule has 0 spiro atoms. The summed E-state index contributed by atoms with van der Waals surface area (Å²) in [5.41, 5.74) is 4.32. The molecule has 3 atom stereocenters. The largest absolute Gasteiger partial charge is 0.361 e. The zero-order valence-corrected chi connectivity index (χ0v) is 16.5. The van der Waals surface area contributed by atoms with E-state index in [0.29, 0.717) is 0 Å². The van der Waals surface area contributed by atoms with Gasteiger partial charge in [-0.3, -0.25) is 0 Å². The number of nitrogens with one attached hydrogen (secondary N) is 1. The van der Waals surface area contributed by atoms with E-state index in [1.807, 2.05) is 7.05 Å². The Labute approximate surface area is 165 Å². The molecule has 4 heteroatoms. The third kappa shape index (κ3) is 3.14. The SMILES string of the molecule is [B]C1(C)CC(c2c[nH]c3cccc(CCc4ccccc4)c23)C([B])(C)N1C. The van der Waals surface area contributed by atoms with Crippen molar-refractivity contribution in [3.8, 4) is 0 Å². The van der Waals surface area contributed by atoms with Crippen LogP contribution in [0.5, 0.6) is 0 Å². The molecule has 0 bridgehead atoms. The van der Waals surface area contributed by atoms with Gasteiger partial charge in [-0.1, -0.05) is 56.3 Å². The summed E-state index contributed by atoms with van der Waals surface area (Å²) in [5.74, 6) is 0.184. The van der Waals surface area contributed by atoms with Crippen LogP contribution in [0.4, 0.5) is 0 Å². The van der Waals surface area contributed by atoms with E-state index in [2.05, 4.69) is 78.5 Å². The lowest BCUT2D eigenvalue weighted by Crippen LogP contribution is -2.50. The van der Waals surface area contributed by atoms with E-state index >= 15 is 0 Å². The molecule has 4 rings (SSSR count). The Kier molecular flexibility index (Phi) is 4.50. The number of aromatic nitrogens is 1. The fraction of sp³-hybridized carbons (Fsp3) is 0.391. The van der Waals surface area contributed by atoms with Crippen molar-refractivity contribution < 1.29 is 0 Å². The molecular weight excluding hydrogens is 326 g/mol. The Hall–Kier alpha value is -1.93. The second-order valence-electron chi connectivity index (χ2n) is 8.47. The molecule has 0 aliphatic carbocycles. The maximum absolute atomic E-state index is 6.77. The van der Waals surface area contributed by atoms with Crippen molar-refractivity contribution in [1.82, 2.24) is 9.88 Å². The van der Waals surface area contributed by atoms with Gasteiger partial charge >= 0.3 is 0 Å². The molecular formula is C23H26B2N2. The second kappa shape index (κ2) is 6.60. The number of likely N-dealkylation sites (tertiary alicyclic amines) is 1. The molecule has 2 nitrogen and oxygen atoms in total. The first-order valence-electron chi connectivity index (χ1n) is 9.75. The van der Waals surface area contributed by atoms with Crippen LogP contribution in [0.2, 0.25) is 0 Å². The van der Waals surface area contributed by atoms with Crippen LogP contribution in [-0.4, -0.2) is 43.5 Å². The number of benzene rings is 2. The number of hydrogen-bond donors (Lipinski definition) is 1. The zero-order valence-electron chi connectivity index (χ0n) is 16.5. The quantitative estimate of drug-likeness (QED) is 0.700. The third-order valence-corrected chi connectivity index (χ3v) is 6.54. The summed E-state index contributed by atoms with van der Waals surface area (Å²) in [6.07, 6.45) is 5.03. The van der Waals surface area contributed by atoms with Gasteiger partial charge in [-0.2, -0.15) is 0 Å². The van der Waals surface area contributed by atoms with Gasteiger partial charge in [0.05, 0.1) is 15.7 Å². The molecule has 4 radical (unpaired) electrons. The van der Waals surface area contributed by atoms with Gasteiger partial charge in [0.1, 0.15) is 0 Å². The van der Waals surface area contributed by atoms with Crippen LogP contribution in [0.25, 0.3) is 10.9 Å². The lowest BCUT2D eigenvalue weighted by Gasteiger charge is -2.39. The van der Waals surface area contributed by atoms with Crippen molar-refractivity contribution in [3.63, 3.8) is 0 Å². The van der Waals surface area contributed by atoms with E-state index in [-0.39, 0.29) is 5.92 Å². The maximum atomic E-state index is 6.77. The van der Waals surface area contributed by atoms with Gasteiger partial charge in [0.15, 0.2) is 0 Å². The summed E-state index contributed by atoms with van der Waals surface area (Å²) in [6, 6.07) is 17.2. The van der Waals surface area contributed by atoms with Crippen molar-refractivity contribution in [3.05, 3.63) is 71.4 Å². The van der Waals surface area contributed by atoms with Gasteiger partial charge in [-0.05, 0) is 65.9 Å². The Morgan fingerprint density at radius 3 is 2.44 bits per heavy atom. The molecule has 27 heavy (non-hydrogen) atoms. The van der Waals surface area contributed by atoms with Gasteiger partial charge in [-0.15, -0.1) is 0 Å². The Balaban J connectivity index is 1.73. The third-order valence-electron chi connectivity index (χ3n) is 6.54. The highest BCUT2D eigenvalue weighted by Gasteiger charge is 2.49. The summed E-state index contributed by atoms with van der Waals surface area (Å²) < 4.78 is 0. The number of nitrogens with zero attached hydrogens (tertiary/aromatic N) is 1. The first-order valence-corrected chi connectivity index (χ1v) is 9.75. The van der Waals surface area contributed by atoms with Gasteiger partial charge in [-0.25, -0.2) is 0 Å². The predicted molar refractivity (Wildman–Crippen MR) is 116 cm³/mol. The lowest BCUT2D eigenvalue weighted by atomic mass is 9.67. The molecule has 1 N–H and O–H groups in total. The van der Waals surface area contributed by atoms with Gasteiger partial charge in [0.25, 0.3) is 0 Å². The van der Waals surface area contributed by atoms with Crippen LogP contribution in [0.1, 0.15) is 42.9 Å². The maximum Gasteiger partial charge on any atom is 0.0961 e. The molecule has 134 valence electrons. The molecule has 3 unspecified atom stereocenters. The van der Waals surface area contributed by atoms with E-state index in [0.717, 1.165) is 19.3 Å². The average molecular weight is 352 g/mol. The molecule has 1 aliphatic heterocycles. The van der Waals surface area contributed by atoms with Gasteiger partial charge in [0.2, 0.25) is 0 Å². The first kappa shape index (κ1) is 18.4. The van der Waals surface area contributed by atoms with E-state index in [9.17, 15) is 0 Å². The predicted octanol–water partition coefficient (Wildman–Crippen LogP) is 4.14. The molecule has 1 saturated heterocycles. The summed E-state index contributed by atoms with van der Waals surface area (Å²) in [4.78, 5) is 5.59. The van der Waals surface area contributed by atoms with Crippen molar-refractivity contribution in [2.24, 2.45) is 0 Å². The fourth-order valence-electron chi connectivity index (χ4n) is 4.66. The minimum absolute atomic E-state index is 0.184. The number of fused-ring (bicyclic) bond motifs is 1. The molecule has 3 aromatic rings. The number of rotatable bonds is 4. The fourth-order valence-corrected chi connectivity index (χ4v) is 4.66. The number of H-pyrrole nitrogens is 1. The van der Waals surface area contributed by atoms with Crippen LogP contribution < -0.4 is 0 Å². The normalized spacial score (nSPS) is 28.8. The molecule has 0 saturated carbocycles. The van der Waals surface area contributed by atoms with Gasteiger partial charge < -0.3 is 9.88 Å². The summed E-state index contributed by atoms with van der Waals surface area (Å²) in [6.45, 7) is 4.17. The Bertz CT molecular complexity index is 943. The number of likely N-dealkylation sites (N-methyl/N-ethyl adjacent to an activating group) is 1. The molecule has 2 heterocycles. The van der Waals surface area contributed by atoms with E-state index in [1.54, 1.807) is 0 Å². The number of hydrogen-bond acceptors (Lipinski definition) is 1. The standard InChI is InChI=1S/C23H26B2N2/c1-22(24)14-19(23(2,25)27(22)3)18-15-26-20-11-7-10-17(21(18)20)13-12-16-8-5-4-6-9-16/h4-11,15,19,26H,12-14H2,1-3H3. The molecule has 1 aromatic heterocycles. The lowest BCUT2D eigenvalue weighted by molar-refractivity contribution is 0.199. The molecule has 2 aromatic carbocycles. The Morgan fingerprint density at radius 1 is 1.04 bits per heavy atom. The monoisotopic (exact) mass is 352 g/mol. The zero-order chi connectivity index (χ0) is 19.2. The average Bonchev–Trinajstić information content (AvgIpc) is 3.14. The highest BCUT2D eigenvalue weighted by Crippen LogP contribution is 2.48. The minimum atomic E-state index is -0.481. The number of aryl methyl sites for hydroxylation is 2. The summed E-state index contributed by atoms with van der Waals surface area (Å²) in [5, 5.41) is 1.32. The van der Waals surface area contributed by atoms with Crippen molar-refractivity contribution in [2.75, 3.05) is 7.05 Å². The molecule has 1 aliphatic rings. The van der Waals surface area contributed by atoms with Crippen molar-refractivity contribution >= 4 is 26.6 Å². The summed E-state index contributed by atoms with van der Waals surface area (Å²) >= 11 is 0. The van der Waals surface area contributed by atoms with Crippen molar-refractivity contribution in [2.45, 2.75) is 49.9 Å². The minimum Gasteiger partial charge on any atom is -0.361 e. The van der Waals surface area contributed by atoms with E-state index < -0.39 is 10.9 Å².